The van der Waals surface area contributed by atoms with Gasteiger partial charge in [-0.1, -0.05) is 6.07 Å². The summed E-state index contributed by atoms with van der Waals surface area (Å²) in [6.45, 7) is 3.84. The summed E-state index contributed by atoms with van der Waals surface area (Å²) in [6, 6.07) is 4.76. The number of anilines is 1. The lowest BCUT2D eigenvalue weighted by Crippen LogP contribution is -2.25. The van der Waals surface area contributed by atoms with Gasteiger partial charge in [0.15, 0.2) is 23.1 Å². The third kappa shape index (κ3) is 3.28. The van der Waals surface area contributed by atoms with Crippen molar-refractivity contribution in [1.82, 2.24) is 10.2 Å². The Morgan fingerprint density at radius 1 is 1.39 bits per heavy atom. The normalized spacial score (nSPS) is 22.6. The molecule has 2 aliphatic rings. The van der Waals surface area contributed by atoms with Crippen molar-refractivity contribution in [2.45, 2.75) is 31.9 Å². The molecule has 0 amide bonds. The van der Waals surface area contributed by atoms with E-state index in [1.54, 1.807) is 13.0 Å². The van der Waals surface area contributed by atoms with Gasteiger partial charge < -0.3 is 29.0 Å². The highest BCUT2D eigenvalue weighted by atomic mass is 16.7. The average molecular weight is 389 g/mol. The summed E-state index contributed by atoms with van der Waals surface area (Å²) in [6.07, 6.45) is 0.874. The molecular weight excluding hydrogens is 370 g/mol. The first-order chi connectivity index (χ1) is 13.5. The number of cyclic esters (lactones) is 1. The quantitative estimate of drug-likeness (QED) is 0.742. The van der Waals surface area contributed by atoms with E-state index in [1.807, 2.05) is 19.1 Å². The molecule has 0 radical (unpaired) electrons. The smallest absolute Gasteiger partial charge is 0.454 e. The molecule has 3 heterocycles. The topological polar surface area (TPSA) is 121 Å². The molecule has 2 unspecified atom stereocenters. The maximum atomic E-state index is 12.4. The van der Waals surface area contributed by atoms with Crippen molar-refractivity contribution in [2.75, 3.05) is 18.7 Å². The summed E-state index contributed by atoms with van der Waals surface area (Å²) in [4.78, 5) is 24.0. The predicted molar refractivity (Wildman–Crippen MR) is 94.3 cm³/mol. The molecule has 28 heavy (non-hydrogen) atoms. The van der Waals surface area contributed by atoms with Crippen LogP contribution in [0, 0.1) is 0 Å². The van der Waals surface area contributed by atoms with Crippen molar-refractivity contribution in [3.05, 3.63) is 30.0 Å². The molecule has 2 atom stereocenters. The van der Waals surface area contributed by atoms with E-state index in [0.29, 0.717) is 17.9 Å². The molecule has 1 saturated heterocycles. The number of ether oxygens (including phenoxy) is 5. The van der Waals surface area contributed by atoms with E-state index in [1.165, 1.54) is 6.20 Å². The van der Waals surface area contributed by atoms with Crippen LogP contribution in [0.5, 0.6) is 17.2 Å². The maximum absolute atomic E-state index is 12.4. The highest BCUT2D eigenvalue weighted by Gasteiger charge is 2.45. The number of hydrogen-bond donors (Lipinski definition) is 2. The Labute approximate surface area is 160 Å². The van der Waals surface area contributed by atoms with Crippen molar-refractivity contribution in [2.24, 2.45) is 0 Å². The van der Waals surface area contributed by atoms with Crippen LogP contribution in [0.2, 0.25) is 0 Å². The molecule has 0 spiro atoms. The monoisotopic (exact) mass is 389 g/mol. The number of H-pyrrole nitrogens is 1. The number of carbonyl (C=O) groups excluding carboxylic acids is 2. The predicted octanol–water partition coefficient (Wildman–Crippen LogP) is 2.32. The van der Waals surface area contributed by atoms with Crippen LogP contribution in [0.15, 0.2) is 24.4 Å². The van der Waals surface area contributed by atoms with Gasteiger partial charge >= 0.3 is 12.1 Å². The maximum Gasteiger partial charge on any atom is 0.514 e. The van der Waals surface area contributed by atoms with E-state index < -0.39 is 23.8 Å². The van der Waals surface area contributed by atoms with Crippen molar-refractivity contribution in [3.63, 3.8) is 0 Å². The summed E-state index contributed by atoms with van der Waals surface area (Å²) >= 11 is 0. The van der Waals surface area contributed by atoms with E-state index in [2.05, 4.69) is 15.5 Å². The van der Waals surface area contributed by atoms with Gasteiger partial charge in [0, 0.05) is 6.42 Å². The third-order valence-corrected chi connectivity index (χ3v) is 4.56. The van der Waals surface area contributed by atoms with Crippen LogP contribution in [-0.2, 0) is 19.9 Å². The summed E-state index contributed by atoms with van der Waals surface area (Å²) in [7, 11) is 0. The van der Waals surface area contributed by atoms with E-state index in [0.717, 1.165) is 5.56 Å². The van der Waals surface area contributed by atoms with Crippen molar-refractivity contribution < 1.29 is 33.3 Å². The van der Waals surface area contributed by atoms with Gasteiger partial charge in [0.25, 0.3) is 0 Å². The lowest BCUT2D eigenvalue weighted by molar-refractivity contribution is -0.148. The highest BCUT2D eigenvalue weighted by Crippen LogP contribution is 2.42. The molecule has 148 valence electrons. The number of fused-ring (bicyclic) bond motifs is 1. The van der Waals surface area contributed by atoms with E-state index in [-0.39, 0.29) is 25.0 Å². The van der Waals surface area contributed by atoms with Gasteiger partial charge in [-0.15, -0.1) is 0 Å². The van der Waals surface area contributed by atoms with E-state index in [4.69, 9.17) is 23.7 Å². The zero-order chi connectivity index (χ0) is 19.7. The standard InChI is InChI=1S/C18H19N3O7/c1-3-24-17(23)27-14-8-19-21-15(14)20-11-7-18(2,28-16(11)22)10-4-5-12-13(6-10)26-9-25-12/h4-6,8,11H,3,7,9H2,1-2H3,(H2,19,20,21). The molecule has 1 aromatic carbocycles. The number of rotatable bonds is 5. The zero-order valence-electron chi connectivity index (χ0n) is 15.3. The number of benzene rings is 1. The second kappa shape index (κ2) is 6.95. The minimum Gasteiger partial charge on any atom is -0.454 e. The summed E-state index contributed by atoms with van der Waals surface area (Å²) in [5.74, 6) is 1.17. The van der Waals surface area contributed by atoms with Crippen LogP contribution in [0.25, 0.3) is 0 Å². The number of aromatic nitrogens is 2. The first kappa shape index (κ1) is 18.0. The molecule has 0 saturated carbocycles. The van der Waals surface area contributed by atoms with E-state index >= 15 is 0 Å². The Morgan fingerprint density at radius 2 is 2.21 bits per heavy atom. The Hall–Kier alpha value is -3.43. The van der Waals surface area contributed by atoms with Crippen LogP contribution in [0.4, 0.5) is 10.6 Å². The summed E-state index contributed by atoms with van der Waals surface area (Å²) in [5.41, 5.74) is -0.0618. The van der Waals surface area contributed by atoms with Gasteiger partial charge in [0.2, 0.25) is 6.79 Å². The molecule has 1 fully saturated rings. The van der Waals surface area contributed by atoms with Crippen LogP contribution in [0.3, 0.4) is 0 Å². The van der Waals surface area contributed by atoms with Gasteiger partial charge in [0.1, 0.15) is 11.6 Å². The number of nitrogens with zero attached hydrogens (tertiary/aromatic N) is 1. The number of aromatic amines is 1. The SMILES string of the molecule is CCOC(=O)Oc1c[nH]nc1NC1CC(C)(c2ccc3c(c2)OCO3)OC1=O. The lowest BCUT2D eigenvalue weighted by Gasteiger charge is -2.23. The molecule has 10 heteroatoms. The fourth-order valence-electron chi connectivity index (χ4n) is 3.18. The molecule has 10 nitrogen and oxygen atoms in total. The van der Waals surface area contributed by atoms with Crippen LogP contribution < -0.4 is 19.5 Å². The van der Waals surface area contributed by atoms with Crippen molar-refractivity contribution >= 4 is 17.9 Å². The van der Waals surface area contributed by atoms with Crippen LogP contribution >= 0.6 is 0 Å². The molecule has 0 aliphatic carbocycles. The Morgan fingerprint density at radius 3 is 3.04 bits per heavy atom. The van der Waals surface area contributed by atoms with Gasteiger partial charge in [-0.3, -0.25) is 5.10 Å². The number of hydrogen-bond acceptors (Lipinski definition) is 9. The Bertz CT molecular complexity index is 912. The molecule has 2 N–H and O–H groups in total. The van der Waals surface area contributed by atoms with Crippen molar-refractivity contribution in [1.29, 1.82) is 0 Å². The lowest BCUT2D eigenvalue weighted by atomic mass is 9.91. The minimum atomic E-state index is -0.855. The fraction of sp³-hybridized carbons (Fsp3) is 0.389. The van der Waals surface area contributed by atoms with E-state index in [9.17, 15) is 9.59 Å². The molecule has 1 aromatic heterocycles. The summed E-state index contributed by atoms with van der Waals surface area (Å²) < 4.78 is 26.2. The Kier molecular flexibility index (Phi) is 4.46. The molecule has 4 rings (SSSR count). The van der Waals surface area contributed by atoms with Crippen molar-refractivity contribution in [3.8, 4) is 17.2 Å². The van der Waals surface area contributed by atoms with Gasteiger partial charge in [0.05, 0.1) is 12.8 Å². The van der Waals surface area contributed by atoms with Crippen LogP contribution in [-0.4, -0.2) is 41.8 Å². The zero-order valence-corrected chi connectivity index (χ0v) is 15.3. The summed E-state index contributed by atoms with van der Waals surface area (Å²) in [5, 5.41) is 9.53. The van der Waals surface area contributed by atoms with Gasteiger partial charge in [-0.05, 0) is 31.5 Å². The van der Waals surface area contributed by atoms with Gasteiger partial charge in [-0.25, -0.2) is 9.59 Å². The largest absolute Gasteiger partial charge is 0.514 e. The van der Waals surface area contributed by atoms with Crippen LogP contribution in [0.1, 0.15) is 25.8 Å². The molecule has 2 aromatic rings. The number of nitrogens with one attached hydrogen (secondary N) is 2. The first-order valence-electron chi connectivity index (χ1n) is 8.76. The Balaban J connectivity index is 1.48. The fourth-order valence-corrected chi connectivity index (χ4v) is 3.18. The highest BCUT2D eigenvalue weighted by molar-refractivity contribution is 5.82. The molecule has 2 aliphatic heterocycles. The first-order valence-corrected chi connectivity index (χ1v) is 8.76. The average Bonchev–Trinajstić information content (AvgIpc) is 3.36. The second-order valence-electron chi connectivity index (χ2n) is 6.50. The molecular formula is C18H19N3O7. The number of carbonyl (C=O) groups is 2. The second-order valence-corrected chi connectivity index (χ2v) is 6.50. The number of esters is 1. The minimum absolute atomic E-state index is 0.128. The third-order valence-electron chi connectivity index (χ3n) is 4.56. The molecule has 0 bridgehead atoms. The van der Waals surface area contributed by atoms with Gasteiger partial charge in [-0.2, -0.15) is 5.10 Å².